The third kappa shape index (κ3) is 4.83. The number of rotatable bonds is 6. The van der Waals surface area contributed by atoms with E-state index in [1.807, 2.05) is 25.1 Å². The van der Waals surface area contributed by atoms with Crippen molar-refractivity contribution in [2.75, 3.05) is 31.2 Å². The Kier molecular flexibility index (Phi) is 6.61. The molecular weight excluding hydrogens is 456 g/mol. The molecule has 3 heterocycles. The zero-order chi connectivity index (χ0) is 23.7. The molecule has 2 aromatic heterocycles. The van der Waals surface area contributed by atoms with E-state index in [2.05, 4.69) is 27.0 Å². The molecule has 1 saturated carbocycles. The Morgan fingerprint density at radius 3 is 2.56 bits per heavy atom. The third-order valence-corrected chi connectivity index (χ3v) is 7.29. The lowest BCUT2D eigenvalue weighted by Crippen LogP contribution is -2.36. The van der Waals surface area contributed by atoms with E-state index in [4.69, 9.17) is 26.1 Å². The van der Waals surface area contributed by atoms with Crippen molar-refractivity contribution in [2.45, 2.75) is 38.7 Å². The number of imidazole rings is 1. The number of morpholine rings is 1. The average Bonchev–Trinajstić information content (AvgIpc) is 3.25. The number of ether oxygens (including phenoxy) is 2. The zero-order valence-corrected chi connectivity index (χ0v) is 19.9. The first-order valence-electron chi connectivity index (χ1n) is 11.9. The predicted molar refractivity (Wildman–Crippen MR) is 131 cm³/mol. The number of anilines is 1. The van der Waals surface area contributed by atoms with Gasteiger partial charge in [-0.05, 0) is 56.7 Å². The molecular formula is C25H29ClN4O4. The summed E-state index contributed by atoms with van der Waals surface area (Å²) in [4.78, 5) is 25.9. The summed E-state index contributed by atoms with van der Waals surface area (Å²) < 4.78 is 11.5. The third-order valence-electron chi connectivity index (χ3n) is 7.00. The van der Waals surface area contributed by atoms with Crippen molar-refractivity contribution >= 4 is 34.4 Å². The number of carbonyl (C=O) groups is 1. The first-order valence-corrected chi connectivity index (χ1v) is 12.2. The maximum absolute atomic E-state index is 11.2. The first kappa shape index (κ1) is 22.9. The first-order chi connectivity index (χ1) is 16.5. The van der Waals surface area contributed by atoms with Gasteiger partial charge in [0.2, 0.25) is 0 Å². The molecule has 34 heavy (non-hydrogen) atoms. The van der Waals surface area contributed by atoms with Crippen LogP contribution in [0.15, 0.2) is 30.3 Å². The molecule has 1 aliphatic carbocycles. The van der Waals surface area contributed by atoms with Crippen LogP contribution < -0.4 is 9.64 Å². The molecule has 1 saturated heterocycles. The molecule has 0 radical (unpaired) electrons. The molecule has 3 aromatic rings. The van der Waals surface area contributed by atoms with Crippen LogP contribution in [0.2, 0.25) is 5.02 Å². The predicted octanol–water partition coefficient (Wildman–Crippen LogP) is 4.77. The number of aliphatic carboxylic acids is 1. The lowest BCUT2D eigenvalue weighted by Gasteiger charge is -2.30. The van der Waals surface area contributed by atoms with Crippen molar-refractivity contribution in [3.05, 3.63) is 35.4 Å². The highest BCUT2D eigenvalue weighted by atomic mass is 35.5. The highest BCUT2D eigenvalue weighted by Gasteiger charge is 2.30. The number of pyridine rings is 1. The van der Waals surface area contributed by atoms with Crippen LogP contribution in [0, 0.1) is 11.8 Å². The summed E-state index contributed by atoms with van der Waals surface area (Å²) in [6.45, 7) is 5.29. The second-order valence-electron chi connectivity index (χ2n) is 9.15. The van der Waals surface area contributed by atoms with E-state index < -0.39 is 5.97 Å². The van der Waals surface area contributed by atoms with Crippen molar-refractivity contribution in [3.8, 4) is 17.3 Å². The van der Waals surface area contributed by atoms with Gasteiger partial charge in [0.05, 0.1) is 35.4 Å². The minimum absolute atomic E-state index is 0.0713. The summed E-state index contributed by atoms with van der Waals surface area (Å²) in [6, 6.07) is 10.5. The van der Waals surface area contributed by atoms with E-state index in [0.717, 1.165) is 55.9 Å². The van der Waals surface area contributed by atoms with Crippen molar-refractivity contribution < 1.29 is 19.4 Å². The van der Waals surface area contributed by atoms with E-state index in [1.165, 1.54) is 0 Å². The quantitative estimate of drug-likeness (QED) is 0.519. The molecule has 0 amide bonds. The van der Waals surface area contributed by atoms with Gasteiger partial charge in [-0.2, -0.15) is 4.98 Å². The van der Waals surface area contributed by atoms with Crippen LogP contribution in [0.4, 0.5) is 5.69 Å². The lowest BCUT2D eigenvalue weighted by molar-refractivity contribution is -0.143. The van der Waals surface area contributed by atoms with Crippen LogP contribution in [0.5, 0.6) is 6.01 Å². The van der Waals surface area contributed by atoms with Crippen LogP contribution >= 0.6 is 11.6 Å². The van der Waals surface area contributed by atoms with Crippen molar-refractivity contribution in [3.63, 3.8) is 0 Å². The summed E-state index contributed by atoms with van der Waals surface area (Å²) in [6.07, 6.45) is 3.00. The minimum Gasteiger partial charge on any atom is -0.481 e. The Morgan fingerprint density at radius 2 is 1.88 bits per heavy atom. The molecule has 1 atom stereocenters. The van der Waals surface area contributed by atoms with E-state index in [0.29, 0.717) is 41.1 Å². The van der Waals surface area contributed by atoms with E-state index in [9.17, 15) is 9.90 Å². The number of benzene rings is 1. The van der Waals surface area contributed by atoms with Crippen LogP contribution in [0.3, 0.4) is 0 Å². The van der Waals surface area contributed by atoms with Gasteiger partial charge in [-0.25, -0.2) is 4.98 Å². The summed E-state index contributed by atoms with van der Waals surface area (Å²) in [5.74, 6) is -0.623. The average molecular weight is 485 g/mol. The minimum atomic E-state index is -0.696. The monoisotopic (exact) mass is 484 g/mol. The summed E-state index contributed by atoms with van der Waals surface area (Å²) in [5, 5.41) is 9.75. The van der Waals surface area contributed by atoms with Gasteiger partial charge in [0.1, 0.15) is 6.10 Å². The number of nitrogens with one attached hydrogen (secondary N) is 1. The van der Waals surface area contributed by atoms with E-state index in [1.54, 1.807) is 0 Å². The van der Waals surface area contributed by atoms with Crippen molar-refractivity contribution in [2.24, 2.45) is 11.8 Å². The van der Waals surface area contributed by atoms with Gasteiger partial charge in [0.15, 0.2) is 5.65 Å². The molecule has 2 aliphatic rings. The highest BCUT2D eigenvalue weighted by Crippen LogP contribution is 2.34. The van der Waals surface area contributed by atoms with Gasteiger partial charge in [0.25, 0.3) is 6.01 Å². The van der Waals surface area contributed by atoms with Crippen molar-refractivity contribution in [1.82, 2.24) is 15.0 Å². The fourth-order valence-electron chi connectivity index (χ4n) is 4.91. The SMILES string of the molecule is CC(Oc1nc2nc(-c3ccc(N4CCOCC4)cc3)c(Cl)cc2[nH]1)C1CCC(C(=O)O)CC1. The number of fused-ring (bicyclic) bond motifs is 1. The van der Waals surface area contributed by atoms with Gasteiger partial charge in [-0.15, -0.1) is 0 Å². The molecule has 1 aliphatic heterocycles. The number of halogens is 1. The highest BCUT2D eigenvalue weighted by molar-refractivity contribution is 6.33. The summed E-state index contributed by atoms with van der Waals surface area (Å²) >= 11 is 6.58. The van der Waals surface area contributed by atoms with Gasteiger partial charge in [-0.1, -0.05) is 23.7 Å². The number of H-pyrrole nitrogens is 1. The van der Waals surface area contributed by atoms with Crippen LogP contribution in [-0.2, 0) is 9.53 Å². The normalized spacial score (nSPS) is 22.0. The van der Waals surface area contributed by atoms with Gasteiger partial charge >= 0.3 is 5.97 Å². The number of aromatic amines is 1. The smallest absolute Gasteiger partial charge is 0.306 e. The van der Waals surface area contributed by atoms with Crippen LogP contribution in [-0.4, -0.2) is 58.4 Å². The molecule has 2 N–H and O–H groups in total. The Hall–Kier alpha value is -2.84. The Morgan fingerprint density at radius 1 is 1.18 bits per heavy atom. The summed E-state index contributed by atoms with van der Waals surface area (Å²) in [5.41, 5.74) is 4.04. The number of hydrogen-bond acceptors (Lipinski definition) is 6. The Labute approximate surface area is 203 Å². The zero-order valence-electron chi connectivity index (χ0n) is 19.2. The largest absolute Gasteiger partial charge is 0.481 e. The standard InChI is InChI=1S/C25H29ClN4O4/c1-15(16-2-4-18(5-3-16)24(31)32)34-25-27-21-14-20(26)22(28-23(21)29-25)17-6-8-19(9-7-17)30-10-12-33-13-11-30/h6-9,14-16,18H,2-5,10-13H2,1H3,(H,31,32)(H,27,28,29). The Balaban J connectivity index is 1.29. The molecule has 0 spiro atoms. The molecule has 1 aromatic carbocycles. The molecule has 2 fully saturated rings. The van der Waals surface area contributed by atoms with Gasteiger partial charge < -0.3 is 24.5 Å². The maximum Gasteiger partial charge on any atom is 0.306 e. The van der Waals surface area contributed by atoms with E-state index >= 15 is 0 Å². The number of hydrogen-bond donors (Lipinski definition) is 2. The molecule has 8 nitrogen and oxygen atoms in total. The number of aromatic nitrogens is 3. The lowest BCUT2D eigenvalue weighted by atomic mass is 9.80. The molecule has 180 valence electrons. The summed E-state index contributed by atoms with van der Waals surface area (Å²) in [7, 11) is 0. The Bertz CT molecular complexity index is 1150. The van der Waals surface area contributed by atoms with Crippen LogP contribution in [0.1, 0.15) is 32.6 Å². The maximum atomic E-state index is 11.2. The number of nitrogens with zero attached hydrogens (tertiary/aromatic N) is 3. The van der Waals surface area contributed by atoms with Crippen LogP contribution in [0.25, 0.3) is 22.4 Å². The molecule has 9 heteroatoms. The molecule has 1 unspecified atom stereocenters. The molecule has 5 rings (SSSR count). The van der Waals surface area contributed by atoms with Gasteiger partial charge in [-0.3, -0.25) is 4.79 Å². The topological polar surface area (TPSA) is 101 Å². The van der Waals surface area contributed by atoms with Gasteiger partial charge in [0, 0.05) is 24.3 Å². The van der Waals surface area contributed by atoms with Crippen molar-refractivity contribution in [1.29, 1.82) is 0 Å². The van der Waals surface area contributed by atoms with E-state index in [-0.39, 0.29) is 12.0 Å². The molecule has 0 bridgehead atoms. The second kappa shape index (κ2) is 9.80. The fourth-order valence-corrected chi connectivity index (χ4v) is 5.17. The fraction of sp³-hybridized carbons (Fsp3) is 0.480. The number of carboxylic acids is 1. The number of carboxylic acid groups (broad SMARTS) is 1. The second-order valence-corrected chi connectivity index (χ2v) is 9.56.